The number of benzene rings is 1. The Morgan fingerprint density at radius 2 is 1.65 bits per heavy atom. The summed E-state index contributed by atoms with van der Waals surface area (Å²) in [5.41, 5.74) is 1.21. The maximum atomic E-state index is 12.9. The number of alkyl halides is 3. The Hall–Kier alpha value is -2.70. The van der Waals surface area contributed by atoms with E-state index in [4.69, 9.17) is 15.7 Å². The molecule has 0 unspecified atom stereocenters. The number of nitrogens with one attached hydrogen (secondary N) is 1. The van der Waals surface area contributed by atoms with E-state index in [2.05, 4.69) is 10.3 Å². The van der Waals surface area contributed by atoms with Crippen LogP contribution in [-0.2, 0) is 16.3 Å². The highest BCUT2D eigenvalue weighted by molar-refractivity contribution is 6.40. The van der Waals surface area contributed by atoms with Gasteiger partial charge in [0.1, 0.15) is 5.82 Å². The number of carbonyl (C=O) groups is 1. The van der Waals surface area contributed by atoms with E-state index < -0.39 is 17.1 Å². The molecular formula is C22H22B2F3N3O. The van der Waals surface area contributed by atoms with Gasteiger partial charge in [-0.2, -0.15) is 13.2 Å². The molecule has 0 bridgehead atoms. The molecule has 2 heterocycles. The zero-order valence-corrected chi connectivity index (χ0v) is 17.8. The van der Waals surface area contributed by atoms with Crippen molar-refractivity contribution in [1.29, 1.82) is 0 Å². The van der Waals surface area contributed by atoms with Crippen LogP contribution in [0.5, 0.6) is 0 Å². The first-order chi connectivity index (χ1) is 14.2. The third kappa shape index (κ3) is 4.97. The van der Waals surface area contributed by atoms with Gasteiger partial charge in [0.2, 0.25) is 5.91 Å². The molecule has 3 aromatic rings. The fourth-order valence-corrected chi connectivity index (χ4v) is 3.33. The third-order valence-electron chi connectivity index (χ3n) is 4.88. The number of hydrogen-bond acceptors (Lipinski definition) is 2. The van der Waals surface area contributed by atoms with Gasteiger partial charge in [-0.15, -0.1) is 0 Å². The molecule has 0 aliphatic carbocycles. The maximum Gasteiger partial charge on any atom is 0.416 e. The van der Waals surface area contributed by atoms with Crippen LogP contribution in [0.15, 0.2) is 42.6 Å². The number of aromatic nitrogens is 2. The van der Waals surface area contributed by atoms with Crippen LogP contribution in [0.25, 0.3) is 11.0 Å². The number of anilines is 1. The second kappa shape index (κ2) is 7.77. The van der Waals surface area contributed by atoms with Crippen LogP contribution in [0.3, 0.4) is 0 Å². The molecule has 1 amide bonds. The van der Waals surface area contributed by atoms with Crippen molar-refractivity contribution in [2.45, 2.75) is 45.6 Å². The van der Waals surface area contributed by atoms with Crippen molar-refractivity contribution in [2.24, 2.45) is 5.41 Å². The van der Waals surface area contributed by atoms with Gasteiger partial charge in [0.05, 0.1) is 32.3 Å². The largest absolute Gasteiger partial charge is 0.416 e. The Kier molecular flexibility index (Phi) is 5.76. The number of amides is 1. The molecule has 1 N–H and O–H groups in total. The van der Waals surface area contributed by atoms with E-state index in [1.54, 1.807) is 29.8 Å². The predicted octanol–water partition coefficient (Wildman–Crippen LogP) is 4.73. The molecule has 9 heteroatoms. The van der Waals surface area contributed by atoms with Crippen LogP contribution in [-0.4, -0.2) is 31.2 Å². The molecular weight excluding hydrogens is 401 g/mol. The van der Waals surface area contributed by atoms with Crippen LogP contribution in [0, 0.1) is 12.3 Å². The molecule has 0 saturated heterocycles. The number of carbonyl (C=O) groups excluding carboxylic acids is 1. The Morgan fingerprint density at radius 3 is 2.19 bits per heavy atom. The van der Waals surface area contributed by atoms with Crippen LogP contribution in [0.1, 0.15) is 43.9 Å². The van der Waals surface area contributed by atoms with Gasteiger partial charge in [-0.1, -0.05) is 32.9 Å². The minimum absolute atomic E-state index is 0.140. The number of pyridine rings is 1. The van der Waals surface area contributed by atoms with E-state index in [0.29, 0.717) is 34.4 Å². The summed E-state index contributed by atoms with van der Waals surface area (Å²) in [4.78, 5) is 16.8. The van der Waals surface area contributed by atoms with Crippen molar-refractivity contribution >= 4 is 38.5 Å². The summed E-state index contributed by atoms with van der Waals surface area (Å²) >= 11 is 0. The van der Waals surface area contributed by atoms with Gasteiger partial charge in [0, 0.05) is 12.6 Å². The first-order valence-corrected chi connectivity index (χ1v) is 9.73. The van der Waals surface area contributed by atoms with Gasteiger partial charge >= 0.3 is 6.18 Å². The normalized spacial score (nSPS) is 12.9. The molecule has 0 saturated carbocycles. The molecule has 0 atom stereocenters. The van der Waals surface area contributed by atoms with E-state index in [0.717, 1.165) is 12.1 Å². The lowest BCUT2D eigenvalue weighted by Crippen LogP contribution is -2.35. The smallest absolute Gasteiger partial charge is 0.354 e. The topological polar surface area (TPSA) is 46.9 Å². The number of hydrogen-bond donors (Lipinski definition) is 1. The minimum atomic E-state index is -4.45. The van der Waals surface area contributed by atoms with Crippen molar-refractivity contribution in [3.63, 3.8) is 0 Å². The summed E-state index contributed by atoms with van der Waals surface area (Å²) in [5.74, 6) is 0.298. The van der Waals surface area contributed by atoms with E-state index in [1.807, 2.05) is 20.8 Å². The summed E-state index contributed by atoms with van der Waals surface area (Å²) < 4.78 is 40.1. The van der Waals surface area contributed by atoms with Crippen molar-refractivity contribution in [3.8, 4) is 0 Å². The first kappa shape index (κ1) is 23.0. The number of fused-ring (bicyclic) bond motifs is 1. The van der Waals surface area contributed by atoms with Crippen molar-refractivity contribution in [3.05, 3.63) is 59.3 Å². The van der Waals surface area contributed by atoms with Crippen molar-refractivity contribution < 1.29 is 18.0 Å². The van der Waals surface area contributed by atoms with Gasteiger partial charge in [0.25, 0.3) is 0 Å². The standard InChI is InChI=1S/C22H22B2F3N3O/c1-13-11-17-16(28-19(13)29-18(31)12-20(2,3)4)9-10-30(17)21(23,24)14-5-7-15(8-6-14)22(25,26)27/h5-11H,12H2,1-4H3,(H,28,29,31). The highest BCUT2D eigenvalue weighted by Crippen LogP contribution is 2.32. The van der Waals surface area contributed by atoms with Gasteiger partial charge < -0.3 is 9.88 Å². The molecule has 0 aliphatic heterocycles. The number of halogens is 3. The number of nitrogens with zero attached hydrogens (tertiary/aromatic N) is 2. The van der Waals surface area contributed by atoms with Gasteiger partial charge in [-0.05, 0) is 53.1 Å². The Balaban J connectivity index is 1.95. The molecule has 158 valence electrons. The lowest BCUT2D eigenvalue weighted by Gasteiger charge is -2.30. The molecule has 4 nitrogen and oxygen atoms in total. The predicted molar refractivity (Wildman–Crippen MR) is 117 cm³/mol. The van der Waals surface area contributed by atoms with E-state index in [9.17, 15) is 18.0 Å². The fraction of sp³-hybridized carbons (Fsp3) is 0.364. The zero-order valence-electron chi connectivity index (χ0n) is 17.8. The third-order valence-corrected chi connectivity index (χ3v) is 4.88. The van der Waals surface area contributed by atoms with E-state index in [1.165, 1.54) is 12.1 Å². The lowest BCUT2D eigenvalue weighted by atomic mass is 9.57. The first-order valence-electron chi connectivity index (χ1n) is 9.73. The molecule has 0 fully saturated rings. The average molecular weight is 423 g/mol. The maximum absolute atomic E-state index is 12.9. The van der Waals surface area contributed by atoms with Crippen LogP contribution >= 0.6 is 0 Å². The second-order valence-electron chi connectivity index (χ2n) is 8.93. The molecule has 3 rings (SSSR count). The molecule has 2 aromatic heterocycles. The summed E-state index contributed by atoms with van der Waals surface area (Å²) in [6, 6.07) is 7.89. The monoisotopic (exact) mass is 423 g/mol. The molecule has 0 spiro atoms. The molecule has 0 aliphatic rings. The summed E-state index contributed by atoms with van der Waals surface area (Å²) in [6.07, 6.45) is -2.48. The van der Waals surface area contributed by atoms with E-state index in [-0.39, 0.29) is 11.3 Å². The Bertz CT molecular complexity index is 1110. The van der Waals surface area contributed by atoms with E-state index >= 15 is 0 Å². The van der Waals surface area contributed by atoms with Crippen molar-refractivity contribution in [1.82, 2.24) is 9.55 Å². The Morgan fingerprint density at radius 1 is 1.06 bits per heavy atom. The minimum Gasteiger partial charge on any atom is -0.354 e. The van der Waals surface area contributed by atoms with Gasteiger partial charge in [-0.3, -0.25) is 4.79 Å². The second-order valence-corrected chi connectivity index (χ2v) is 8.93. The molecule has 1 aromatic carbocycles. The van der Waals surface area contributed by atoms with Crippen LogP contribution in [0.2, 0.25) is 0 Å². The number of rotatable bonds is 4. The summed E-state index contributed by atoms with van der Waals surface area (Å²) in [5, 5.41) is 1.23. The molecule has 31 heavy (non-hydrogen) atoms. The van der Waals surface area contributed by atoms with Crippen molar-refractivity contribution in [2.75, 3.05) is 5.32 Å². The summed E-state index contributed by atoms with van der Waals surface area (Å²) in [7, 11) is 12.7. The Labute approximate surface area is 182 Å². The quantitative estimate of drug-likeness (QED) is 0.617. The highest BCUT2D eigenvalue weighted by Gasteiger charge is 2.31. The zero-order chi connectivity index (χ0) is 23.2. The fourth-order valence-electron chi connectivity index (χ4n) is 3.33. The average Bonchev–Trinajstić information content (AvgIpc) is 3.03. The lowest BCUT2D eigenvalue weighted by molar-refractivity contribution is -0.137. The number of aryl methyl sites for hydroxylation is 1. The highest BCUT2D eigenvalue weighted by atomic mass is 19.4. The van der Waals surface area contributed by atoms with Crippen LogP contribution < -0.4 is 5.32 Å². The van der Waals surface area contributed by atoms with Gasteiger partial charge in [0.15, 0.2) is 0 Å². The SMILES string of the molecule is [B]C([B])(c1ccc(C(F)(F)F)cc1)n1ccc2nc(NC(=O)CC(C)(C)C)c(C)cc21. The summed E-state index contributed by atoms with van der Waals surface area (Å²) in [6.45, 7) is 7.71. The molecule has 4 radical (unpaired) electrons. The van der Waals surface area contributed by atoms with Crippen LogP contribution in [0.4, 0.5) is 19.0 Å². The van der Waals surface area contributed by atoms with Gasteiger partial charge in [-0.25, -0.2) is 4.98 Å².